The fourth-order valence-corrected chi connectivity index (χ4v) is 3.69. The summed E-state index contributed by atoms with van der Waals surface area (Å²) in [5.74, 6) is 1.36. The number of rotatable bonds is 3. The Kier molecular flexibility index (Phi) is 3.17. The number of thioether (sulfide) groups is 1. The van der Waals surface area contributed by atoms with Crippen molar-refractivity contribution in [2.45, 2.75) is 37.6 Å². The van der Waals surface area contributed by atoms with Gasteiger partial charge in [-0.2, -0.15) is 11.8 Å². The summed E-state index contributed by atoms with van der Waals surface area (Å²) >= 11 is 2.14. The molecule has 13 heavy (non-hydrogen) atoms. The maximum absolute atomic E-state index is 3.37. The van der Waals surface area contributed by atoms with Gasteiger partial charge in [-0.3, -0.25) is 4.90 Å². The molecule has 2 unspecified atom stereocenters. The second kappa shape index (κ2) is 4.20. The number of likely N-dealkylation sites (N-methyl/N-ethyl adjacent to an activating group) is 1. The van der Waals surface area contributed by atoms with Crippen molar-refractivity contribution < 1.29 is 0 Å². The standard InChI is InChI=1S/C10H20N2S/c1-3-12(9-6-11-7-9)10-4-5-13-8(10)2/h8-11H,3-7H2,1-2H3. The summed E-state index contributed by atoms with van der Waals surface area (Å²) in [7, 11) is 0. The third-order valence-corrected chi connectivity index (χ3v) is 4.67. The van der Waals surface area contributed by atoms with Crippen LogP contribution in [0.25, 0.3) is 0 Å². The maximum atomic E-state index is 3.37. The van der Waals surface area contributed by atoms with Gasteiger partial charge in [-0.1, -0.05) is 13.8 Å². The highest BCUT2D eigenvalue weighted by Crippen LogP contribution is 2.31. The zero-order valence-corrected chi connectivity index (χ0v) is 9.44. The van der Waals surface area contributed by atoms with E-state index in [2.05, 4.69) is 35.8 Å². The topological polar surface area (TPSA) is 15.3 Å². The van der Waals surface area contributed by atoms with Gasteiger partial charge in [-0.15, -0.1) is 0 Å². The average Bonchev–Trinajstić information content (AvgIpc) is 2.43. The van der Waals surface area contributed by atoms with E-state index in [9.17, 15) is 0 Å². The summed E-state index contributed by atoms with van der Waals surface area (Å²) < 4.78 is 0. The van der Waals surface area contributed by atoms with Crippen LogP contribution in [0.1, 0.15) is 20.3 Å². The van der Waals surface area contributed by atoms with Gasteiger partial charge in [0.2, 0.25) is 0 Å². The van der Waals surface area contributed by atoms with Gasteiger partial charge in [0.25, 0.3) is 0 Å². The first-order valence-electron chi connectivity index (χ1n) is 5.41. The van der Waals surface area contributed by atoms with Crippen molar-refractivity contribution in [1.82, 2.24) is 10.2 Å². The third kappa shape index (κ3) is 1.88. The van der Waals surface area contributed by atoms with Crippen LogP contribution in [0, 0.1) is 0 Å². The van der Waals surface area contributed by atoms with E-state index >= 15 is 0 Å². The SMILES string of the molecule is CCN(C1CNC1)C1CCSC1C. The molecule has 2 atom stereocenters. The summed E-state index contributed by atoms with van der Waals surface area (Å²) in [6, 6.07) is 1.68. The highest BCUT2D eigenvalue weighted by Gasteiger charge is 2.34. The van der Waals surface area contributed by atoms with Gasteiger partial charge in [-0.05, 0) is 18.7 Å². The average molecular weight is 200 g/mol. The lowest BCUT2D eigenvalue weighted by Crippen LogP contribution is -2.60. The van der Waals surface area contributed by atoms with Crippen molar-refractivity contribution in [3.8, 4) is 0 Å². The molecular weight excluding hydrogens is 180 g/mol. The van der Waals surface area contributed by atoms with E-state index in [-0.39, 0.29) is 0 Å². The quantitative estimate of drug-likeness (QED) is 0.736. The summed E-state index contributed by atoms with van der Waals surface area (Å²) in [6.45, 7) is 8.33. The van der Waals surface area contributed by atoms with Gasteiger partial charge in [0.1, 0.15) is 0 Å². The fourth-order valence-electron chi connectivity index (χ4n) is 2.43. The van der Waals surface area contributed by atoms with E-state index in [4.69, 9.17) is 0 Å². The minimum absolute atomic E-state index is 0.830. The molecule has 0 saturated carbocycles. The monoisotopic (exact) mass is 200 g/mol. The van der Waals surface area contributed by atoms with Crippen LogP contribution in [0.4, 0.5) is 0 Å². The van der Waals surface area contributed by atoms with Gasteiger partial charge in [0, 0.05) is 30.4 Å². The van der Waals surface area contributed by atoms with Crippen LogP contribution in [-0.4, -0.2) is 47.6 Å². The predicted molar refractivity (Wildman–Crippen MR) is 59.4 cm³/mol. The normalized spacial score (nSPS) is 35.3. The van der Waals surface area contributed by atoms with Crippen LogP contribution in [0.15, 0.2) is 0 Å². The summed E-state index contributed by atoms with van der Waals surface area (Å²) in [5, 5.41) is 4.21. The van der Waals surface area contributed by atoms with E-state index < -0.39 is 0 Å². The third-order valence-electron chi connectivity index (χ3n) is 3.36. The van der Waals surface area contributed by atoms with E-state index in [0.29, 0.717) is 0 Å². The number of nitrogens with one attached hydrogen (secondary N) is 1. The van der Waals surface area contributed by atoms with Crippen molar-refractivity contribution in [1.29, 1.82) is 0 Å². The Hall–Kier alpha value is 0.270. The minimum atomic E-state index is 0.830. The second-order valence-corrected chi connectivity index (χ2v) is 5.56. The van der Waals surface area contributed by atoms with Crippen LogP contribution in [0.2, 0.25) is 0 Å². The molecule has 0 spiro atoms. The Labute approximate surface area is 85.4 Å². The molecule has 76 valence electrons. The summed E-state index contributed by atoms with van der Waals surface area (Å²) in [6.07, 6.45) is 1.40. The van der Waals surface area contributed by atoms with Gasteiger partial charge in [0.05, 0.1) is 0 Å². The zero-order chi connectivity index (χ0) is 9.26. The van der Waals surface area contributed by atoms with Crippen LogP contribution in [-0.2, 0) is 0 Å². The number of hydrogen-bond donors (Lipinski definition) is 1. The summed E-state index contributed by atoms with van der Waals surface area (Å²) in [4.78, 5) is 2.71. The van der Waals surface area contributed by atoms with Crippen molar-refractivity contribution in [3.63, 3.8) is 0 Å². The molecule has 0 amide bonds. The second-order valence-electron chi connectivity index (χ2n) is 4.07. The molecule has 2 saturated heterocycles. The Morgan fingerprint density at radius 2 is 2.23 bits per heavy atom. The Balaban J connectivity index is 1.94. The number of hydrogen-bond acceptors (Lipinski definition) is 3. The molecule has 3 heteroatoms. The summed E-state index contributed by atoms with van der Waals surface area (Å²) in [5.41, 5.74) is 0. The van der Waals surface area contributed by atoms with E-state index in [1.54, 1.807) is 0 Å². The van der Waals surface area contributed by atoms with E-state index in [1.165, 1.54) is 31.8 Å². The lowest BCUT2D eigenvalue weighted by molar-refractivity contribution is 0.103. The van der Waals surface area contributed by atoms with E-state index in [0.717, 1.165) is 17.3 Å². The van der Waals surface area contributed by atoms with Gasteiger partial charge < -0.3 is 5.32 Å². The van der Waals surface area contributed by atoms with Crippen LogP contribution in [0.3, 0.4) is 0 Å². The minimum Gasteiger partial charge on any atom is -0.314 e. The molecule has 2 fully saturated rings. The maximum Gasteiger partial charge on any atom is 0.0348 e. The molecule has 2 heterocycles. The van der Waals surface area contributed by atoms with Crippen LogP contribution in [0.5, 0.6) is 0 Å². The predicted octanol–water partition coefficient (Wildman–Crippen LogP) is 1.17. The van der Waals surface area contributed by atoms with Crippen LogP contribution < -0.4 is 5.32 Å². The van der Waals surface area contributed by atoms with Crippen molar-refractivity contribution in [2.75, 3.05) is 25.4 Å². The molecule has 0 aromatic rings. The lowest BCUT2D eigenvalue weighted by atomic mass is 10.0. The largest absolute Gasteiger partial charge is 0.314 e. The van der Waals surface area contributed by atoms with Gasteiger partial charge in [0.15, 0.2) is 0 Å². The molecule has 0 aromatic carbocycles. The van der Waals surface area contributed by atoms with Crippen molar-refractivity contribution in [2.24, 2.45) is 0 Å². The van der Waals surface area contributed by atoms with E-state index in [1.807, 2.05) is 0 Å². The van der Waals surface area contributed by atoms with Gasteiger partial charge >= 0.3 is 0 Å². The Morgan fingerprint density at radius 1 is 1.46 bits per heavy atom. The first kappa shape index (κ1) is 9.81. The fraction of sp³-hybridized carbons (Fsp3) is 1.00. The Bertz CT molecular complexity index is 170. The molecule has 2 nitrogen and oxygen atoms in total. The van der Waals surface area contributed by atoms with Crippen molar-refractivity contribution >= 4 is 11.8 Å². The van der Waals surface area contributed by atoms with Crippen LogP contribution >= 0.6 is 11.8 Å². The first-order chi connectivity index (χ1) is 6.33. The molecule has 2 aliphatic heterocycles. The van der Waals surface area contributed by atoms with Gasteiger partial charge in [-0.25, -0.2) is 0 Å². The lowest BCUT2D eigenvalue weighted by Gasteiger charge is -2.42. The molecule has 2 aliphatic rings. The Morgan fingerprint density at radius 3 is 2.62 bits per heavy atom. The molecule has 1 N–H and O–H groups in total. The van der Waals surface area contributed by atoms with Crippen molar-refractivity contribution in [3.05, 3.63) is 0 Å². The highest BCUT2D eigenvalue weighted by molar-refractivity contribution is 8.00. The molecule has 2 rings (SSSR count). The number of nitrogens with zero attached hydrogens (tertiary/aromatic N) is 1. The smallest absolute Gasteiger partial charge is 0.0348 e. The molecule has 0 aliphatic carbocycles. The first-order valence-corrected chi connectivity index (χ1v) is 6.46. The molecule has 0 bridgehead atoms. The molecule has 0 aromatic heterocycles. The highest BCUT2D eigenvalue weighted by atomic mass is 32.2. The molecule has 0 radical (unpaired) electrons. The molecular formula is C10H20N2S. The zero-order valence-electron chi connectivity index (χ0n) is 8.62.